The van der Waals surface area contributed by atoms with E-state index in [2.05, 4.69) is 0 Å². The van der Waals surface area contributed by atoms with Crippen molar-refractivity contribution in [2.24, 2.45) is 0 Å². The van der Waals surface area contributed by atoms with Crippen LogP contribution in [0.15, 0.2) is 127 Å². The van der Waals surface area contributed by atoms with E-state index < -0.39 is 65.7 Å². The van der Waals surface area contributed by atoms with Gasteiger partial charge >= 0.3 is 23.7 Å². The number of carbonyl (C=O) groups is 5. The number of rotatable bonds is 14. The molecule has 3 aliphatic rings. The van der Waals surface area contributed by atoms with Crippen molar-refractivity contribution in [3.63, 3.8) is 0 Å². The van der Waals surface area contributed by atoms with Gasteiger partial charge in [0.15, 0.2) is 5.79 Å². The molecule has 4 aromatic carbocycles. The zero-order valence-electron chi connectivity index (χ0n) is 31.9. The van der Waals surface area contributed by atoms with Gasteiger partial charge in [0.05, 0.1) is 19.2 Å². The van der Waals surface area contributed by atoms with Gasteiger partial charge in [-0.25, -0.2) is 14.4 Å². The Balaban J connectivity index is 1.26. The van der Waals surface area contributed by atoms with E-state index in [0.29, 0.717) is 28.0 Å². The predicted molar refractivity (Wildman–Crippen MR) is 202 cm³/mol. The summed E-state index contributed by atoms with van der Waals surface area (Å²) in [6.45, 7) is 2.12. The van der Waals surface area contributed by atoms with Crippen molar-refractivity contribution in [2.75, 3.05) is 7.11 Å². The van der Waals surface area contributed by atoms with Crippen molar-refractivity contribution in [1.29, 1.82) is 0 Å². The minimum Gasteiger partial charge on any atom is -0.497 e. The highest BCUT2D eigenvalue weighted by Crippen LogP contribution is 2.47. The van der Waals surface area contributed by atoms with Gasteiger partial charge in [0, 0.05) is 6.08 Å². The molecular formula is C44H41NO13. The molecule has 2 saturated heterocycles. The Morgan fingerprint density at radius 1 is 0.672 bits per heavy atom. The fourth-order valence-electron chi connectivity index (χ4n) is 6.97. The van der Waals surface area contributed by atoms with Crippen molar-refractivity contribution in [3.8, 4) is 5.75 Å². The Morgan fingerprint density at radius 3 is 1.69 bits per heavy atom. The predicted octanol–water partition coefficient (Wildman–Crippen LogP) is 5.36. The summed E-state index contributed by atoms with van der Waals surface area (Å²) in [5.41, 5.74) is -0.857. The number of benzene rings is 4. The van der Waals surface area contributed by atoms with Crippen LogP contribution in [0.1, 0.15) is 36.1 Å². The summed E-state index contributed by atoms with van der Waals surface area (Å²) in [6, 6.07) is 32.8. The fraction of sp³-hybridized carbons (Fsp3) is 0.295. The summed E-state index contributed by atoms with van der Waals surface area (Å²) < 4.78 is 47.0. The number of methoxy groups -OCH3 is 1. The lowest BCUT2D eigenvalue weighted by molar-refractivity contribution is -0.227. The maximum atomic E-state index is 14.7. The fourth-order valence-corrected chi connectivity index (χ4v) is 6.97. The van der Waals surface area contributed by atoms with Crippen LogP contribution in [0.4, 0.5) is 4.79 Å². The second-order valence-corrected chi connectivity index (χ2v) is 14.2. The standard InChI is InChI=1S/C44H41NO13/c1-43(2)56-36-35(33-23-34(46)45(39(33)47)24-28-19-21-32(51-3)22-20-28)55-38(37(36)57-43)44(40(48)52-25-29-13-7-4-8-14-29,41(49)53-26-30-15-9-5-10-16-30)58-42(50)54-27-31-17-11-6-12-18-31/h4-23,35-38H,24-27H2,1-3H3/t35-,36-,37-,38-/m1/s1. The van der Waals surface area contributed by atoms with Crippen LogP contribution in [-0.2, 0) is 78.7 Å². The Labute approximate surface area is 334 Å². The lowest BCUT2D eigenvalue weighted by Gasteiger charge is -2.35. The van der Waals surface area contributed by atoms with E-state index in [-0.39, 0.29) is 31.9 Å². The van der Waals surface area contributed by atoms with Crippen LogP contribution in [0.5, 0.6) is 5.75 Å². The molecule has 2 amide bonds. The average Bonchev–Trinajstić information content (AvgIpc) is 3.84. The smallest absolute Gasteiger partial charge is 0.497 e. The lowest BCUT2D eigenvalue weighted by atomic mass is 9.90. The van der Waals surface area contributed by atoms with Gasteiger partial charge in [-0.1, -0.05) is 103 Å². The lowest BCUT2D eigenvalue weighted by Crippen LogP contribution is -2.63. The number of hydrogen-bond acceptors (Lipinski definition) is 13. The SMILES string of the molecule is COc1ccc(CN2C(=O)C=C([C@H]3O[C@@H](C(OC(=O)OCc4ccccc4)(C(=O)OCc4ccccc4)C(=O)OCc4ccccc4)[C@@H]4OC(C)(C)O[C@@H]43)C2=O)cc1. The molecule has 3 heterocycles. The summed E-state index contributed by atoms with van der Waals surface area (Å²) in [7, 11) is 1.52. The molecule has 300 valence electrons. The first-order chi connectivity index (χ1) is 28.0. The third-order valence-electron chi connectivity index (χ3n) is 9.77. The van der Waals surface area contributed by atoms with Crippen LogP contribution >= 0.6 is 0 Å². The first-order valence-corrected chi connectivity index (χ1v) is 18.5. The maximum absolute atomic E-state index is 14.7. The Bertz CT molecular complexity index is 2100. The van der Waals surface area contributed by atoms with Gasteiger partial charge in [-0.05, 0) is 48.2 Å². The topological polar surface area (TPSA) is 162 Å². The first kappa shape index (κ1) is 39.9. The molecule has 0 aromatic heterocycles. The molecule has 0 N–H and O–H groups in total. The molecule has 0 spiro atoms. The average molecular weight is 792 g/mol. The molecule has 58 heavy (non-hydrogen) atoms. The Morgan fingerprint density at radius 2 is 1.17 bits per heavy atom. The molecule has 14 heteroatoms. The van der Waals surface area contributed by atoms with E-state index in [9.17, 15) is 24.0 Å². The molecule has 4 atom stereocenters. The van der Waals surface area contributed by atoms with Crippen LogP contribution in [0.3, 0.4) is 0 Å². The summed E-state index contributed by atoms with van der Waals surface area (Å²) in [6.07, 6.45) is -6.15. The Kier molecular flexibility index (Phi) is 11.7. The Hall–Kier alpha value is -6.35. The van der Waals surface area contributed by atoms with Crippen LogP contribution in [-0.4, -0.2) is 77.7 Å². The third-order valence-corrected chi connectivity index (χ3v) is 9.77. The summed E-state index contributed by atoms with van der Waals surface area (Å²) >= 11 is 0. The molecule has 0 radical (unpaired) electrons. The number of fused-ring (bicyclic) bond motifs is 1. The number of amides is 2. The number of ether oxygens (including phenoxy) is 8. The summed E-state index contributed by atoms with van der Waals surface area (Å²) in [5.74, 6) is -4.84. The second-order valence-electron chi connectivity index (χ2n) is 14.2. The van der Waals surface area contributed by atoms with Crippen LogP contribution < -0.4 is 4.74 Å². The molecule has 0 aliphatic carbocycles. The van der Waals surface area contributed by atoms with Gasteiger partial charge in [0.25, 0.3) is 11.8 Å². The minimum absolute atomic E-state index is 0.0767. The van der Waals surface area contributed by atoms with E-state index in [1.165, 1.54) is 7.11 Å². The van der Waals surface area contributed by atoms with E-state index in [1.54, 1.807) is 129 Å². The van der Waals surface area contributed by atoms with Gasteiger partial charge in [0.1, 0.15) is 50.0 Å². The molecule has 2 fully saturated rings. The quantitative estimate of drug-likeness (QED) is 0.0696. The van der Waals surface area contributed by atoms with E-state index in [1.807, 2.05) is 0 Å². The number of nitrogens with zero attached hydrogens (tertiary/aromatic N) is 1. The molecular weight excluding hydrogens is 750 g/mol. The molecule has 3 aliphatic heterocycles. The first-order valence-electron chi connectivity index (χ1n) is 18.5. The summed E-state index contributed by atoms with van der Waals surface area (Å²) in [5, 5.41) is 0. The monoisotopic (exact) mass is 791 g/mol. The van der Waals surface area contributed by atoms with Crippen molar-refractivity contribution in [2.45, 2.75) is 76.0 Å². The molecule has 0 bridgehead atoms. The van der Waals surface area contributed by atoms with Gasteiger partial charge in [-0.2, -0.15) is 0 Å². The van der Waals surface area contributed by atoms with Crippen LogP contribution in [0, 0.1) is 0 Å². The molecule has 0 unspecified atom stereocenters. The highest BCUT2D eigenvalue weighted by atomic mass is 16.8. The number of carbonyl (C=O) groups excluding carboxylic acids is 5. The highest BCUT2D eigenvalue weighted by Gasteiger charge is 2.71. The molecule has 0 saturated carbocycles. The van der Waals surface area contributed by atoms with Crippen molar-refractivity contribution in [3.05, 3.63) is 149 Å². The second kappa shape index (κ2) is 17.0. The van der Waals surface area contributed by atoms with Gasteiger partial charge in [-0.15, -0.1) is 0 Å². The van der Waals surface area contributed by atoms with Crippen LogP contribution in [0.2, 0.25) is 0 Å². The van der Waals surface area contributed by atoms with Crippen molar-refractivity contribution >= 4 is 29.9 Å². The van der Waals surface area contributed by atoms with Crippen molar-refractivity contribution < 1.29 is 61.9 Å². The molecule has 4 aromatic rings. The third kappa shape index (κ3) is 8.49. The molecule has 14 nitrogen and oxygen atoms in total. The minimum atomic E-state index is -3.06. The number of esters is 2. The largest absolute Gasteiger partial charge is 0.510 e. The maximum Gasteiger partial charge on any atom is 0.510 e. The van der Waals surface area contributed by atoms with Gasteiger partial charge < -0.3 is 37.9 Å². The van der Waals surface area contributed by atoms with E-state index in [4.69, 9.17) is 37.9 Å². The van der Waals surface area contributed by atoms with Crippen LogP contribution in [0.25, 0.3) is 0 Å². The van der Waals surface area contributed by atoms with Crippen molar-refractivity contribution in [1.82, 2.24) is 4.90 Å². The van der Waals surface area contributed by atoms with Gasteiger partial charge in [-0.3, -0.25) is 14.5 Å². The molecule has 7 rings (SSSR count). The highest BCUT2D eigenvalue weighted by molar-refractivity contribution is 6.16. The van der Waals surface area contributed by atoms with E-state index in [0.717, 1.165) is 11.0 Å². The van der Waals surface area contributed by atoms with E-state index >= 15 is 0 Å². The number of hydrogen-bond donors (Lipinski definition) is 0. The zero-order chi connectivity index (χ0) is 40.9. The van der Waals surface area contributed by atoms with Gasteiger partial charge in [0.2, 0.25) is 0 Å². The number of imide groups is 1. The normalized spacial score (nSPS) is 20.9. The summed E-state index contributed by atoms with van der Waals surface area (Å²) in [4.78, 5) is 71.6. The zero-order valence-corrected chi connectivity index (χ0v) is 31.9.